The summed E-state index contributed by atoms with van der Waals surface area (Å²) in [7, 11) is 0. The van der Waals surface area contributed by atoms with E-state index in [9.17, 15) is 18.0 Å². The summed E-state index contributed by atoms with van der Waals surface area (Å²) < 4.78 is 44.8. The monoisotopic (exact) mass is 570 g/mol. The molecule has 10 heteroatoms. The SMILES string of the molecule is O=C(c1ccc(Cl)c(Cl)c1)N1CCN(C[C@@H](OCc2ccc(C(F)(F)F)cc2)c2ccc(Cl)cc2)CC1. The second-order valence-corrected chi connectivity index (χ2v) is 10.0. The molecule has 3 aromatic rings. The molecule has 37 heavy (non-hydrogen) atoms. The van der Waals surface area contributed by atoms with Crippen LogP contribution >= 0.6 is 34.8 Å². The summed E-state index contributed by atoms with van der Waals surface area (Å²) >= 11 is 18.1. The Labute approximate surface area is 228 Å². The summed E-state index contributed by atoms with van der Waals surface area (Å²) in [5.74, 6) is -0.106. The van der Waals surface area contributed by atoms with Crippen molar-refractivity contribution in [1.29, 1.82) is 0 Å². The molecule has 0 unspecified atom stereocenters. The molecule has 0 radical (unpaired) electrons. The highest BCUT2D eigenvalue weighted by molar-refractivity contribution is 6.42. The molecule has 1 fully saturated rings. The number of halogens is 6. The molecular formula is C27H24Cl3F3N2O2. The third-order valence-corrected chi connectivity index (χ3v) is 7.22. The van der Waals surface area contributed by atoms with Gasteiger partial charge in [-0.2, -0.15) is 13.2 Å². The lowest BCUT2D eigenvalue weighted by molar-refractivity contribution is -0.137. The molecule has 1 atom stereocenters. The van der Waals surface area contributed by atoms with Gasteiger partial charge in [-0.3, -0.25) is 9.69 Å². The van der Waals surface area contributed by atoms with Crippen LogP contribution in [0.25, 0.3) is 0 Å². The minimum atomic E-state index is -4.38. The van der Waals surface area contributed by atoms with Gasteiger partial charge >= 0.3 is 6.18 Å². The average Bonchev–Trinajstić information content (AvgIpc) is 2.88. The van der Waals surface area contributed by atoms with Crippen LogP contribution < -0.4 is 0 Å². The second-order valence-electron chi connectivity index (χ2n) is 8.77. The molecule has 0 aromatic heterocycles. The van der Waals surface area contributed by atoms with Crippen LogP contribution in [-0.2, 0) is 17.5 Å². The molecule has 1 aliphatic heterocycles. The Morgan fingerprint density at radius 1 is 0.865 bits per heavy atom. The molecule has 0 spiro atoms. The molecule has 4 nitrogen and oxygen atoms in total. The normalized spacial score (nSPS) is 15.6. The van der Waals surface area contributed by atoms with Gasteiger partial charge in [-0.05, 0) is 53.6 Å². The first kappa shape index (κ1) is 27.7. The van der Waals surface area contributed by atoms with E-state index in [2.05, 4.69) is 4.90 Å². The van der Waals surface area contributed by atoms with Crippen molar-refractivity contribution in [1.82, 2.24) is 9.80 Å². The summed E-state index contributed by atoms with van der Waals surface area (Å²) in [6.45, 7) is 3.05. The van der Waals surface area contributed by atoms with Gasteiger partial charge in [-0.1, -0.05) is 59.1 Å². The zero-order chi connectivity index (χ0) is 26.6. The van der Waals surface area contributed by atoms with Gasteiger partial charge < -0.3 is 9.64 Å². The van der Waals surface area contributed by atoms with Gasteiger partial charge in [-0.25, -0.2) is 0 Å². The van der Waals surface area contributed by atoms with Gasteiger partial charge in [0, 0.05) is 43.3 Å². The molecule has 1 heterocycles. The molecule has 0 bridgehead atoms. The third-order valence-electron chi connectivity index (χ3n) is 6.22. The quantitative estimate of drug-likeness (QED) is 0.297. The summed E-state index contributed by atoms with van der Waals surface area (Å²) in [5, 5.41) is 1.33. The second kappa shape index (κ2) is 12.0. The van der Waals surface area contributed by atoms with Crippen molar-refractivity contribution in [2.45, 2.75) is 18.9 Å². The van der Waals surface area contributed by atoms with Gasteiger partial charge in [0.1, 0.15) is 0 Å². The van der Waals surface area contributed by atoms with Crippen molar-refractivity contribution < 1.29 is 22.7 Å². The highest BCUT2D eigenvalue weighted by Crippen LogP contribution is 2.30. The number of hydrogen-bond donors (Lipinski definition) is 0. The zero-order valence-corrected chi connectivity index (χ0v) is 21.9. The highest BCUT2D eigenvalue weighted by Gasteiger charge is 2.30. The molecule has 4 rings (SSSR count). The number of carbonyl (C=O) groups is 1. The number of hydrogen-bond acceptors (Lipinski definition) is 3. The van der Waals surface area contributed by atoms with Crippen LogP contribution in [0.1, 0.15) is 33.2 Å². The maximum Gasteiger partial charge on any atom is 0.416 e. The Morgan fingerprint density at radius 2 is 1.51 bits per heavy atom. The van der Waals surface area contributed by atoms with Gasteiger partial charge in [-0.15, -0.1) is 0 Å². The summed E-state index contributed by atoms with van der Waals surface area (Å²) in [5.41, 5.74) is 1.34. The number of benzene rings is 3. The van der Waals surface area contributed by atoms with E-state index in [4.69, 9.17) is 39.5 Å². The Bertz CT molecular complexity index is 1210. The van der Waals surface area contributed by atoms with Gasteiger partial charge in [0.25, 0.3) is 5.91 Å². The van der Waals surface area contributed by atoms with E-state index in [0.29, 0.717) is 58.9 Å². The van der Waals surface area contributed by atoms with Crippen molar-refractivity contribution in [2.75, 3.05) is 32.7 Å². The van der Waals surface area contributed by atoms with Gasteiger partial charge in [0.05, 0.1) is 28.3 Å². The predicted octanol–water partition coefficient (Wildman–Crippen LogP) is 7.38. The number of piperazine rings is 1. The molecule has 1 amide bonds. The number of alkyl halides is 3. The average molecular weight is 572 g/mol. The topological polar surface area (TPSA) is 32.8 Å². The highest BCUT2D eigenvalue weighted by atomic mass is 35.5. The van der Waals surface area contributed by atoms with Crippen molar-refractivity contribution in [3.05, 3.63) is 104 Å². The summed E-state index contributed by atoms with van der Waals surface area (Å²) in [6, 6.07) is 17.1. The van der Waals surface area contributed by atoms with E-state index in [1.165, 1.54) is 12.1 Å². The fourth-order valence-corrected chi connectivity index (χ4v) is 4.52. The van der Waals surface area contributed by atoms with Crippen molar-refractivity contribution >= 4 is 40.7 Å². The molecule has 1 aliphatic rings. The van der Waals surface area contributed by atoms with Crippen LogP contribution in [0.3, 0.4) is 0 Å². The van der Waals surface area contributed by atoms with Crippen molar-refractivity contribution in [3.63, 3.8) is 0 Å². The van der Waals surface area contributed by atoms with E-state index >= 15 is 0 Å². The lowest BCUT2D eigenvalue weighted by atomic mass is 10.1. The van der Waals surface area contributed by atoms with Crippen LogP contribution in [0.4, 0.5) is 13.2 Å². The summed E-state index contributed by atoms with van der Waals surface area (Å²) in [4.78, 5) is 16.9. The van der Waals surface area contributed by atoms with Gasteiger partial charge in [0.15, 0.2) is 0 Å². The molecule has 196 valence electrons. The standard InChI is InChI=1S/C27H24Cl3F3N2O2/c28-22-8-3-19(4-9-22)25(37-17-18-1-6-21(7-2-18)27(31,32)33)16-34-11-13-35(14-12-34)26(36)20-5-10-23(29)24(30)15-20/h1-10,15,25H,11-14,16-17H2/t25-/m1/s1. The van der Waals surface area contributed by atoms with Crippen molar-refractivity contribution in [2.24, 2.45) is 0 Å². The first-order chi connectivity index (χ1) is 17.6. The van der Waals surface area contributed by atoms with E-state index < -0.39 is 11.7 Å². The number of amides is 1. The van der Waals surface area contributed by atoms with Crippen LogP contribution in [-0.4, -0.2) is 48.4 Å². The molecule has 1 saturated heterocycles. The Kier molecular flexibility index (Phi) is 9.03. The molecule has 0 N–H and O–H groups in total. The largest absolute Gasteiger partial charge is 0.416 e. The minimum absolute atomic E-state index is 0.106. The predicted molar refractivity (Wildman–Crippen MR) is 139 cm³/mol. The van der Waals surface area contributed by atoms with Crippen LogP contribution in [0.5, 0.6) is 0 Å². The molecular weight excluding hydrogens is 548 g/mol. The van der Waals surface area contributed by atoms with E-state index in [1.807, 2.05) is 12.1 Å². The smallest absolute Gasteiger partial charge is 0.368 e. The van der Waals surface area contributed by atoms with Crippen LogP contribution in [0, 0.1) is 0 Å². The molecule has 0 saturated carbocycles. The van der Waals surface area contributed by atoms with Crippen LogP contribution in [0.2, 0.25) is 15.1 Å². The van der Waals surface area contributed by atoms with E-state index in [-0.39, 0.29) is 18.6 Å². The maximum absolute atomic E-state index is 12.9. The lowest BCUT2D eigenvalue weighted by Crippen LogP contribution is -2.49. The lowest BCUT2D eigenvalue weighted by Gasteiger charge is -2.36. The number of rotatable bonds is 7. The fourth-order valence-electron chi connectivity index (χ4n) is 4.10. The van der Waals surface area contributed by atoms with E-state index in [0.717, 1.165) is 17.7 Å². The molecule has 0 aliphatic carbocycles. The first-order valence-corrected chi connectivity index (χ1v) is 12.7. The minimum Gasteiger partial charge on any atom is -0.368 e. The fraction of sp³-hybridized carbons (Fsp3) is 0.296. The number of nitrogens with zero attached hydrogens (tertiary/aromatic N) is 2. The number of carbonyl (C=O) groups excluding carboxylic acids is 1. The maximum atomic E-state index is 12.9. The Balaban J connectivity index is 1.38. The Hall–Kier alpha value is -2.29. The van der Waals surface area contributed by atoms with Gasteiger partial charge in [0.2, 0.25) is 0 Å². The Morgan fingerprint density at radius 3 is 2.11 bits per heavy atom. The molecule has 3 aromatic carbocycles. The third kappa shape index (κ3) is 7.39. The number of ether oxygens (including phenoxy) is 1. The van der Waals surface area contributed by atoms with Crippen LogP contribution in [0.15, 0.2) is 66.7 Å². The van der Waals surface area contributed by atoms with E-state index in [1.54, 1.807) is 35.2 Å². The first-order valence-electron chi connectivity index (χ1n) is 11.6. The zero-order valence-electron chi connectivity index (χ0n) is 19.6. The summed E-state index contributed by atoms with van der Waals surface area (Å²) in [6.07, 6.45) is -4.72. The van der Waals surface area contributed by atoms with Crippen molar-refractivity contribution in [3.8, 4) is 0 Å².